The molecule has 0 aliphatic carbocycles. The molecule has 4 aromatic rings. The monoisotopic (exact) mass is 413 g/mol. The Morgan fingerprint density at radius 2 is 1.77 bits per heavy atom. The van der Waals surface area contributed by atoms with Crippen molar-refractivity contribution in [1.29, 1.82) is 0 Å². The predicted octanol–water partition coefficient (Wildman–Crippen LogP) is 4.73. The molecule has 0 aliphatic rings. The van der Waals surface area contributed by atoms with Gasteiger partial charge >= 0.3 is 5.97 Å². The van der Waals surface area contributed by atoms with Gasteiger partial charge in [-0.15, -0.1) is 0 Å². The van der Waals surface area contributed by atoms with E-state index in [1.54, 1.807) is 6.07 Å². The lowest BCUT2D eigenvalue weighted by atomic mass is 10.0. The molecule has 0 saturated carbocycles. The molecule has 3 aromatic carbocycles. The molecule has 8 heteroatoms. The van der Waals surface area contributed by atoms with Gasteiger partial charge in [-0.25, -0.2) is 13.2 Å². The van der Waals surface area contributed by atoms with Crippen molar-refractivity contribution < 1.29 is 31.9 Å². The summed E-state index contributed by atoms with van der Waals surface area (Å²) in [6.45, 7) is -0.714. The van der Waals surface area contributed by atoms with Crippen LogP contribution in [0.1, 0.15) is 5.56 Å². The number of esters is 1. The minimum atomic E-state index is -1.70. The van der Waals surface area contributed by atoms with Crippen molar-refractivity contribution in [3.05, 3.63) is 77.8 Å². The first-order valence-electron chi connectivity index (χ1n) is 8.91. The highest BCUT2D eigenvalue weighted by Gasteiger charge is 2.17. The van der Waals surface area contributed by atoms with Gasteiger partial charge in [-0.3, -0.25) is 9.59 Å². The van der Waals surface area contributed by atoms with Gasteiger partial charge < -0.3 is 14.5 Å². The normalized spacial score (nSPS) is 11.0. The van der Waals surface area contributed by atoms with Gasteiger partial charge in [0.25, 0.3) is 5.91 Å². The summed E-state index contributed by atoms with van der Waals surface area (Å²) in [4.78, 5) is 24.1. The van der Waals surface area contributed by atoms with E-state index in [2.05, 4.69) is 0 Å². The maximum atomic E-state index is 13.6. The van der Waals surface area contributed by atoms with Crippen LogP contribution >= 0.6 is 0 Å². The van der Waals surface area contributed by atoms with Crippen molar-refractivity contribution >= 4 is 39.3 Å². The first-order valence-corrected chi connectivity index (χ1v) is 8.91. The van der Waals surface area contributed by atoms with E-state index in [0.29, 0.717) is 17.2 Å². The molecule has 30 heavy (non-hydrogen) atoms. The van der Waals surface area contributed by atoms with Crippen molar-refractivity contribution in [2.24, 2.45) is 0 Å². The fraction of sp³-hybridized carbons (Fsp3) is 0.0909. The van der Waals surface area contributed by atoms with E-state index < -0.39 is 41.6 Å². The fourth-order valence-electron chi connectivity index (χ4n) is 3.17. The van der Waals surface area contributed by atoms with Gasteiger partial charge in [0.1, 0.15) is 5.58 Å². The number of anilines is 1. The van der Waals surface area contributed by atoms with Crippen LogP contribution in [0.2, 0.25) is 0 Å². The van der Waals surface area contributed by atoms with Gasteiger partial charge in [0.05, 0.1) is 18.4 Å². The molecule has 0 fully saturated rings. The molecule has 1 aromatic heterocycles. The Balaban J connectivity index is 1.43. The quantitative estimate of drug-likeness (QED) is 0.380. The molecule has 4 rings (SSSR count). The maximum absolute atomic E-state index is 13.6. The van der Waals surface area contributed by atoms with Crippen LogP contribution in [0.5, 0.6) is 0 Å². The summed E-state index contributed by atoms with van der Waals surface area (Å²) in [5.41, 5.74) is 0.657. The third-order valence-corrected chi connectivity index (χ3v) is 4.55. The van der Waals surface area contributed by atoms with Gasteiger partial charge in [0.2, 0.25) is 0 Å². The highest BCUT2D eigenvalue weighted by atomic mass is 19.2. The summed E-state index contributed by atoms with van der Waals surface area (Å²) in [6.07, 6.45) is 1.31. The lowest BCUT2D eigenvalue weighted by Gasteiger charge is -2.08. The molecule has 0 spiro atoms. The molecule has 0 aliphatic heterocycles. The molecule has 1 amide bonds. The summed E-state index contributed by atoms with van der Waals surface area (Å²) in [5.74, 6) is -6.21. The van der Waals surface area contributed by atoms with Gasteiger partial charge in [-0.2, -0.15) is 0 Å². The summed E-state index contributed by atoms with van der Waals surface area (Å²) < 4.78 is 50.2. The topological polar surface area (TPSA) is 68.5 Å². The second-order valence-corrected chi connectivity index (χ2v) is 6.53. The number of benzene rings is 3. The number of amides is 1. The van der Waals surface area contributed by atoms with E-state index in [0.717, 1.165) is 22.2 Å². The molecule has 0 bridgehead atoms. The molecule has 1 heterocycles. The van der Waals surface area contributed by atoms with Crippen LogP contribution in [-0.2, 0) is 20.7 Å². The number of fused-ring (bicyclic) bond motifs is 3. The Kier molecular flexibility index (Phi) is 5.14. The largest absolute Gasteiger partial charge is 0.464 e. The number of halogens is 3. The van der Waals surface area contributed by atoms with Crippen molar-refractivity contribution in [3.8, 4) is 0 Å². The van der Waals surface area contributed by atoms with Crippen LogP contribution in [-0.4, -0.2) is 18.5 Å². The third-order valence-electron chi connectivity index (χ3n) is 4.55. The van der Waals surface area contributed by atoms with Crippen LogP contribution in [0.3, 0.4) is 0 Å². The minimum absolute atomic E-state index is 0.145. The first kappa shape index (κ1) is 19.5. The molecule has 1 N–H and O–H groups in total. The van der Waals surface area contributed by atoms with Crippen LogP contribution < -0.4 is 5.32 Å². The summed E-state index contributed by atoms with van der Waals surface area (Å²) >= 11 is 0. The number of rotatable bonds is 5. The Morgan fingerprint density at radius 1 is 0.967 bits per heavy atom. The zero-order valence-electron chi connectivity index (χ0n) is 15.4. The second-order valence-electron chi connectivity index (χ2n) is 6.53. The molecule has 0 radical (unpaired) electrons. The second kappa shape index (κ2) is 7.90. The number of carbonyl (C=O) groups is 2. The number of nitrogens with one attached hydrogen (secondary N) is 1. The van der Waals surface area contributed by atoms with Crippen LogP contribution in [0.4, 0.5) is 18.9 Å². The van der Waals surface area contributed by atoms with E-state index in [9.17, 15) is 22.8 Å². The molecule has 0 unspecified atom stereocenters. The average Bonchev–Trinajstić information content (AvgIpc) is 3.16. The molecular weight excluding hydrogens is 399 g/mol. The highest BCUT2D eigenvalue weighted by molar-refractivity contribution is 6.08. The molecule has 0 saturated heterocycles. The van der Waals surface area contributed by atoms with E-state index in [4.69, 9.17) is 9.15 Å². The Hall–Kier alpha value is -3.81. The van der Waals surface area contributed by atoms with Crippen molar-refractivity contribution in [2.45, 2.75) is 6.42 Å². The van der Waals surface area contributed by atoms with Crippen molar-refractivity contribution in [2.75, 3.05) is 11.9 Å². The summed E-state index contributed by atoms with van der Waals surface area (Å²) in [6, 6.07) is 12.9. The van der Waals surface area contributed by atoms with Gasteiger partial charge in [-0.1, -0.05) is 30.3 Å². The highest BCUT2D eigenvalue weighted by Crippen LogP contribution is 2.30. The standard InChI is InChI=1S/C22H14F3NO4/c23-15-6-7-16(22(25)21(15)24)26-18(27)11-30-19(28)9-13-10-29-17-8-5-12-3-1-2-4-14(12)20(13)17/h1-8,10H,9,11H2,(H,26,27). The number of carbonyl (C=O) groups excluding carboxylic acids is 2. The summed E-state index contributed by atoms with van der Waals surface area (Å²) in [7, 11) is 0. The molecule has 0 atom stereocenters. The lowest BCUT2D eigenvalue weighted by Crippen LogP contribution is -2.22. The first-order chi connectivity index (χ1) is 14.4. The molecular formula is C22H14F3NO4. The van der Waals surface area contributed by atoms with E-state index in [-0.39, 0.29) is 6.42 Å². The number of ether oxygens (including phenoxy) is 1. The van der Waals surface area contributed by atoms with Crippen LogP contribution in [0, 0.1) is 17.5 Å². The summed E-state index contributed by atoms with van der Waals surface area (Å²) in [5, 5.41) is 4.70. The third kappa shape index (κ3) is 3.71. The number of hydrogen-bond acceptors (Lipinski definition) is 4. The zero-order valence-corrected chi connectivity index (χ0v) is 15.4. The molecule has 5 nitrogen and oxygen atoms in total. The van der Waals surface area contributed by atoms with Crippen LogP contribution in [0.25, 0.3) is 21.7 Å². The van der Waals surface area contributed by atoms with E-state index in [1.165, 1.54) is 6.26 Å². The van der Waals surface area contributed by atoms with Gasteiger partial charge in [0, 0.05) is 10.9 Å². The van der Waals surface area contributed by atoms with Crippen molar-refractivity contribution in [1.82, 2.24) is 0 Å². The number of furan rings is 1. The predicted molar refractivity (Wildman–Crippen MR) is 103 cm³/mol. The zero-order chi connectivity index (χ0) is 21.3. The maximum Gasteiger partial charge on any atom is 0.310 e. The Bertz CT molecular complexity index is 1280. The van der Waals surface area contributed by atoms with E-state index in [1.807, 2.05) is 35.6 Å². The number of hydrogen-bond donors (Lipinski definition) is 1. The van der Waals surface area contributed by atoms with Crippen LogP contribution in [0.15, 0.2) is 59.2 Å². The Morgan fingerprint density at radius 3 is 2.60 bits per heavy atom. The smallest absolute Gasteiger partial charge is 0.310 e. The average molecular weight is 413 g/mol. The Labute approximate surface area is 168 Å². The van der Waals surface area contributed by atoms with Crippen molar-refractivity contribution in [3.63, 3.8) is 0 Å². The lowest BCUT2D eigenvalue weighted by molar-refractivity contribution is -0.146. The SMILES string of the molecule is O=C(COC(=O)Cc1coc2ccc3ccccc3c12)Nc1ccc(F)c(F)c1F. The van der Waals surface area contributed by atoms with Gasteiger partial charge in [-0.05, 0) is 29.0 Å². The molecule has 152 valence electrons. The van der Waals surface area contributed by atoms with E-state index >= 15 is 0 Å². The minimum Gasteiger partial charge on any atom is -0.464 e. The fourth-order valence-corrected chi connectivity index (χ4v) is 3.17. The van der Waals surface area contributed by atoms with Gasteiger partial charge in [0.15, 0.2) is 24.1 Å².